The summed E-state index contributed by atoms with van der Waals surface area (Å²) in [6.07, 6.45) is 1.65. The molecule has 2 rings (SSSR count). The molecule has 29 heavy (non-hydrogen) atoms. The molecule has 2 amide bonds. The molecule has 0 heterocycles. The van der Waals surface area contributed by atoms with Crippen LogP contribution in [0.15, 0.2) is 42.5 Å². The van der Waals surface area contributed by atoms with Gasteiger partial charge in [0, 0.05) is 23.1 Å². The number of carbonyl (C=O) groups excluding carboxylic acids is 2. The molecule has 0 spiro atoms. The average molecular weight is 439 g/mol. The van der Waals surface area contributed by atoms with Crippen molar-refractivity contribution in [2.75, 3.05) is 6.54 Å². The number of halogens is 3. The summed E-state index contributed by atoms with van der Waals surface area (Å²) < 4.78 is 14.0. The molecular weight excluding hydrogens is 414 g/mol. The van der Waals surface area contributed by atoms with Crippen LogP contribution >= 0.6 is 23.2 Å². The molecule has 2 aromatic rings. The third-order valence-corrected chi connectivity index (χ3v) is 5.24. The molecule has 0 saturated carbocycles. The molecule has 1 N–H and O–H groups in total. The van der Waals surface area contributed by atoms with Gasteiger partial charge in [0.25, 0.3) is 0 Å². The summed E-state index contributed by atoms with van der Waals surface area (Å²) in [6, 6.07) is 10.4. The highest BCUT2D eigenvalue weighted by atomic mass is 35.5. The molecule has 0 aliphatic carbocycles. The van der Waals surface area contributed by atoms with E-state index in [1.54, 1.807) is 43.3 Å². The van der Waals surface area contributed by atoms with Gasteiger partial charge in [0.15, 0.2) is 0 Å². The highest BCUT2D eigenvalue weighted by Crippen LogP contribution is 2.23. The molecule has 0 aromatic heterocycles. The maximum atomic E-state index is 14.0. The SMILES string of the molecule is CCCCNC(=O)[C@H](C)N(Cc1ccc(Cl)cc1Cl)C(=O)Cc1ccccc1F. The van der Waals surface area contributed by atoms with Crippen LogP contribution in [0.1, 0.15) is 37.8 Å². The van der Waals surface area contributed by atoms with Crippen LogP contribution in [-0.2, 0) is 22.6 Å². The Balaban J connectivity index is 2.24. The molecule has 2 aromatic carbocycles. The lowest BCUT2D eigenvalue weighted by molar-refractivity contribution is -0.140. The predicted octanol–water partition coefficient (Wildman–Crippen LogP) is 5.01. The van der Waals surface area contributed by atoms with E-state index in [1.807, 2.05) is 6.92 Å². The first-order chi connectivity index (χ1) is 13.8. The summed E-state index contributed by atoms with van der Waals surface area (Å²) in [5.41, 5.74) is 0.939. The average Bonchev–Trinajstić information content (AvgIpc) is 2.68. The summed E-state index contributed by atoms with van der Waals surface area (Å²) in [4.78, 5) is 27.0. The number of rotatable bonds is 9. The van der Waals surface area contributed by atoms with Gasteiger partial charge in [-0.2, -0.15) is 0 Å². The summed E-state index contributed by atoms with van der Waals surface area (Å²) in [7, 11) is 0. The molecule has 7 heteroatoms. The van der Waals surface area contributed by atoms with Crippen LogP contribution in [0, 0.1) is 5.82 Å². The van der Waals surface area contributed by atoms with Gasteiger partial charge < -0.3 is 10.2 Å². The lowest BCUT2D eigenvalue weighted by atomic mass is 10.1. The third kappa shape index (κ3) is 6.72. The number of unbranched alkanes of at least 4 members (excludes halogenated alkanes) is 1. The molecule has 0 saturated heterocycles. The Labute approximate surface area is 181 Å². The van der Waals surface area contributed by atoms with E-state index in [2.05, 4.69) is 5.32 Å². The van der Waals surface area contributed by atoms with E-state index in [1.165, 1.54) is 11.0 Å². The Bertz CT molecular complexity index is 860. The number of hydrogen-bond donors (Lipinski definition) is 1. The lowest BCUT2D eigenvalue weighted by Gasteiger charge is -2.29. The normalized spacial score (nSPS) is 11.8. The quantitative estimate of drug-likeness (QED) is 0.559. The fourth-order valence-corrected chi connectivity index (χ4v) is 3.33. The topological polar surface area (TPSA) is 49.4 Å². The minimum Gasteiger partial charge on any atom is -0.354 e. The fourth-order valence-electron chi connectivity index (χ4n) is 2.86. The van der Waals surface area contributed by atoms with Crippen LogP contribution in [0.2, 0.25) is 10.0 Å². The standard InChI is InChI=1S/C22H25Cl2FN2O2/c1-3-4-11-26-22(29)15(2)27(14-17-9-10-18(23)13-19(17)24)21(28)12-16-7-5-6-8-20(16)25/h5-10,13,15H,3-4,11-12,14H2,1-2H3,(H,26,29)/t15-/m0/s1. The van der Waals surface area contributed by atoms with E-state index in [9.17, 15) is 14.0 Å². The van der Waals surface area contributed by atoms with Crippen LogP contribution in [0.5, 0.6) is 0 Å². The van der Waals surface area contributed by atoms with Crippen molar-refractivity contribution in [1.82, 2.24) is 10.2 Å². The predicted molar refractivity (Wildman–Crippen MR) is 114 cm³/mol. The second-order valence-electron chi connectivity index (χ2n) is 6.85. The van der Waals surface area contributed by atoms with E-state index >= 15 is 0 Å². The van der Waals surface area contributed by atoms with E-state index in [0.717, 1.165) is 12.8 Å². The molecule has 0 bridgehead atoms. The Kier molecular flexibility index (Phi) is 8.93. The van der Waals surface area contributed by atoms with Gasteiger partial charge in [-0.15, -0.1) is 0 Å². The van der Waals surface area contributed by atoms with Crippen molar-refractivity contribution in [3.8, 4) is 0 Å². The van der Waals surface area contributed by atoms with Gasteiger partial charge in [0.05, 0.1) is 6.42 Å². The molecule has 1 atom stereocenters. The molecule has 4 nitrogen and oxygen atoms in total. The minimum atomic E-state index is -0.738. The first kappa shape index (κ1) is 23.2. The van der Waals surface area contributed by atoms with Crippen molar-refractivity contribution in [1.29, 1.82) is 0 Å². The first-order valence-corrected chi connectivity index (χ1v) is 10.3. The number of nitrogens with zero attached hydrogens (tertiary/aromatic N) is 1. The molecule has 0 aliphatic heterocycles. The first-order valence-electron chi connectivity index (χ1n) is 9.58. The summed E-state index contributed by atoms with van der Waals surface area (Å²) >= 11 is 12.2. The van der Waals surface area contributed by atoms with Crippen LogP contribution in [0.3, 0.4) is 0 Å². The van der Waals surface area contributed by atoms with Gasteiger partial charge in [0.2, 0.25) is 11.8 Å². The van der Waals surface area contributed by atoms with Gasteiger partial charge in [-0.25, -0.2) is 4.39 Å². The third-order valence-electron chi connectivity index (χ3n) is 4.65. The number of benzene rings is 2. The van der Waals surface area contributed by atoms with E-state index in [0.29, 0.717) is 22.2 Å². The number of nitrogens with one attached hydrogen (secondary N) is 1. The van der Waals surface area contributed by atoms with Crippen molar-refractivity contribution < 1.29 is 14.0 Å². The van der Waals surface area contributed by atoms with Crippen LogP contribution in [-0.4, -0.2) is 29.3 Å². The second-order valence-corrected chi connectivity index (χ2v) is 7.69. The second kappa shape index (κ2) is 11.2. The summed E-state index contributed by atoms with van der Waals surface area (Å²) in [6.45, 7) is 4.34. The number of hydrogen-bond acceptors (Lipinski definition) is 2. The number of carbonyl (C=O) groups is 2. The lowest BCUT2D eigenvalue weighted by Crippen LogP contribution is -2.48. The van der Waals surface area contributed by atoms with E-state index < -0.39 is 11.9 Å². The van der Waals surface area contributed by atoms with E-state index in [-0.39, 0.29) is 30.3 Å². The Hall–Kier alpha value is -2.11. The summed E-state index contributed by atoms with van der Waals surface area (Å²) in [5, 5.41) is 3.72. The smallest absolute Gasteiger partial charge is 0.242 e. The van der Waals surface area contributed by atoms with Crippen molar-refractivity contribution in [2.45, 2.75) is 45.7 Å². The highest BCUT2D eigenvalue weighted by molar-refractivity contribution is 6.35. The van der Waals surface area contributed by atoms with Crippen molar-refractivity contribution in [3.05, 3.63) is 69.5 Å². The van der Waals surface area contributed by atoms with Crippen LogP contribution in [0.4, 0.5) is 4.39 Å². The fraction of sp³-hybridized carbons (Fsp3) is 0.364. The Morgan fingerprint density at radius 3 is 2.52 bits per heavy atom. The van der Waals surface area contributed by atoms with Gasteiger partial charge in [-0.1, -0.05) is 60.8 Å². The van der Waals surface area contributed by atoms with E-state index in [4.69, 9.17) is 23.2 Å². The summed E-state index contributed by atoms with van der Waals surface area (Å²) in [5.74, 6) is -1.07. The highest BCUT2D eigenvalue weighted by Gasteiger charge is 2.27. The molecule has 0 unspecified atom stereocenters. The van der Waals surface area contributed by atoms with Gasteiger partial charge in [0.1, 0.15) is 11.9 Å². The minimum absolute atomic E-state index is 0.117. The Morgan fingerprint density at radius 2 is 1.86 bits per heavy atom. The zero-order valence-electron chi connectivity index (χ0n) is 16.6. The van der Waals surface area contributed by atoms with Gasteiger partial charge in [-0.3, -0.25) is 9.59 Å². The molecular formula is C22H25Cl2FN2O2. The maximum Gasteiger partial charge on any atom is 0.242 e. The maximum absolute atomic E-state index is 14.0. The molecule has 0 aliphatic rings. The molecule has 0 fully saturated rings. The molecule has 156 valence electrons. The van der Waals surface area contributed by atoms with Crippen molar-refractivity contribution >= 4 is 35.0 Å². The van der Waals surface area contributed by atoms with Crippen LogP contribution in [0.25, 0.3) is 0 Å². The monoisotopic (exact) mass is 438 g/mol. The van der Waals surface area contributed by atoms with Crippen molar-refractivity contribution in [2.24, 2.45) is 0 Å². The van der Waals surface area contributed by atoms with Gasteiger partial charge in [-0.05, 0) is 42.7 Å². The van der Waals surface area contributed by atoms with Gasteiger partial charge >= 0.3 is 0 Å². The zero-order chi connectivity index (χ0) is 21.4. The van der Waals surface area contributed by atoms with Crippen LogP contribution < -0.4 is 5.32 Å². The number of amides is 2. The van der Waals surface area contributed by atoms with Crippen molar-refractivity contribution in [3.63, 3.8) is 0 Å². The Morgan fingerprint density at radius 1 is 1.14 bits per heavy atom. The largest absolute Gasteiger partial charge is 0.354 e. The zero-order valence-corrected chi connectivity index (χ0v) is 18.1. The molecule has 0 radical (unpaired) electrons.